The Bertz CT molecular complexity index is 511. The van der Waals surface area contributed by atoms with Gasteiger partial charge >= 0.3 is 0 Å². The second kappa shape index (κ2) is 6.96. The highest BCUT2D eigenvalue weighted by Crippen LogP contribution is 2.13. The number of amides is 1. The van der Waals surface area contributed by atoms with E-state index in [1.807, 2.05) is 33.0 Å². The van der Waals surface area contributed by atoms with Crippen LogP contribution in [0.15, 0.2) is 18.2 Å². The highest BCUT2D eigenvalue weighted by Gasteiger charge is 2.16. The first kappa shape index (κ1) is 15.3. The standard InChI is InChI=1S/C16H21NO2/c1-5-13(3)17(4)16(19)15-10-12(2)9-14(11-15)7-6-8-18/h9-11,13,18H,5,8H2,1-4H3. The number of rotatable bonds is 3. The molecule has 3 nitrogen and oxygen atoms in total. The first-order valence-electron chi connectivity index (χ1n) is 6.48. The molecule has 19 heavy (non-hydrogen) atoms. The number of carbonyl (C=O) groups excluding carboxylic acids is 1. The molecular formula is C16H21NO2. The smallest absolute Gasteiger partial charge is 0.253 e. The van der Waals surface area contributed by atoms with Crippen molar-refractivity contribution in [2.24, 2.45) is 0 Å². The van der Waals surface area contributed by atoms with Crippen LogP contribution in [0.5, 0.6) is 0 Å². The molecule has 1 aromatic rings. The summed E-state index contributed by atoms with van der Waals surface area (Å²) in [5.41, 5.74) is 2.39. The third-order valence-electron chi connectivity index (χ3n) is 3.21. The second-order valence-electron chi connectivity index (χ2n) is 4.72. The van der Waals surface area contributed by atoms with Gasteiger partial charge in [-0.1, -0.05) is 18.8 Å². The maximum Gasteiger partial charge on any atom is 0.253 e. The zero-order chi connectivity index (χ0) is 14.4. The minimum atomic E-state index is -0.177. The molecule has 0 radical (unpaired) electrons. The molecule has 1 amide bonds. The topological polar surface area (TPSA) is 40.5 Å². The fourth-order valence-corrected chi connectivity index (χ4v) is 1.80. The number of hydrogen-bond acceptors (Lipinski definition) is 2. The van der Waals surface area contributed by atoms with Crippen molar-refractivity contribution < 1.29 is 9.90 Å². The van der Waals surface area contributed by atoms with Crippen LogP contribution in [-0.2, 0) is 0 Å². The monoisotopic (exact) mass is 259 g/mol. The van der Waals surface area contributed by atoms with Gasteiger partial charge < -0.3 is 10.0 Å². The SMILES string of the molecule is CCC(C)N(C)C(=O)c1cc(C)cc(C#CCO)c1. The Balaban J connectivity index is 3.06. The van der Waals surface area contributed by atoms with Crippen LogP contribution in [0.1, 0.15) is 41.8 Å². The van der Waals surface area contributed by atoms with Gasteiger partial charge in [0.15, 0.2) is 0 Å². The molecule has 0 aromatic heterocycles. The van der Waals surface area contributed by atoms with Crippen LogP contribution in [0.4, 0.5) is 0 Å². The second-order valence-corrected chi connectivity index (χ2v) is 4.72. The minimum Gasteiger partial charge on any atom is -0.384 e. The number of nitrogens with zero attached hydrogens (tertiary/aromatic N) is 1. The average molecular weight is 259 g/mol. The number of carbonyl (C=O) groups is 1. The molecule has 1 N–H and O–H groups in total. The highest BCUT2D eigenvalue weighted by molar-refractivity contribution is 5.94. The third-order valence-corrected chi connectivity index (χ3v) is 3.21. The van der Waals surface area contributed by atoms with Crippen LogP contribution < -0.4 is 0 Å². The van der Waals surface area contributed by atoms with Crippen LogP contribution in [0.3, 0.4) is 0 Å². The highest BCUT2D eigenvalue weighted by atomic mass is 16.2. The van der Waals surface area contributed by atoms with E-state index < -0.39 is 0 Å². The maximum absolute atomic E-state index is 12.4. The van der Waals surface area contributed by atoms with Crippen molar-refractivity contribution in [3.63, 3.8) is 0 Å². The minimum absolute atomic E-state index is 0.00472. The molecule has 1 atom stereocenters. The van der Waals surface area contributed by atoms with E-state index in [2.05, 4.69) is 18.8 Å². The lowest BCUT2D eigenvalue weighted by Gasteiger charge is -2.24. The van der Waals surface area contributed by atoms with Crippen molar-refractivity contribution >= 4 is 5.91 Å². The van der Waals surface area contributed by atoms with Gasteiger partial charge in [-0.15, -0.1) is 0 Å². The van der Waals surface area contributed by atoms with Gasteiger partial charge in [-0.3, -0.25) is 4.79 Å². The van der Waals surface area contributed by atoms with Crippen molar-refractivity contribution in [3.8, 4) is 11.8 Å². The summed E-state index contributed by atoms with van der Waals surface area (Å²) in [6.45, 7) is 5.84. The molecule has 1 aromatic carbocycles. The molecule has 0 bridgehead atoms. The van der Waals surface area contributed by atoms with Gasteiger partial charge in [0.1, 0.15) is 6.61 Å². The van der Waals surface area contributed by atoms with Gasteiger partial charge in [0, 0.05) is 24.2 Å². The first-order chi connectivity index (χ1) is 8.99. The van der Waals surface area contributed by atoms with E-state index in [1.54, 1.807) is 11.0 Å². The Labute approximate surface area is 115 Å². The summed E-state index contributed by atoms with van der Waals surface area (Å²) in [5, 5.41) is 8.72. The molecule has 0 aliphatic rings. The molecule has 0 saturated heterocycles. The van der Waals surface area contributed by atoms with Gasteiger partial charge in [-0.25, -0.2) is 0 Å². The summed E-state index contributed by atoms with van der Waals surface area (Å²) >= 11 is 0. The zero-order valence-corrected chi connectivity index (χ0v) is 12.0. The fraction of sp³-hybridized carbons (Fsp3) is 0.438. The number of hydrogen-bond donors (Lipinski definition) is 1. The molecule has 1 rings (SSSR count). The molecule has 0 fully saturated rings. The predicted molar refractivity (Wildman–Crippen MR) is 77.0 cm³/mol. The molecular weight excluding hydrogens is 238 g/mol. The molecule has 3 heteroatoms. The van der Waals surface area contributed by atoms with Gasteiger partial charge in [0.25, 0.3) is 5.91 Å². The largest absolute Gasteiger partial charge is 0.384 e. The quantitative estimate of drug-likeness (QED) is 0.845. The lowest BCUT2D eigenvalue weighted by atomic mass is 10.0. The number of aliphatic hydroxyl groups is 1. The van der Waals surface area contributed by atoms with E-state index in [4.69, 9.17) is 5.11 Å². The summed E-state index contributed by atoms with van der Waals surface area (Å²) in [7, 11) is 1.82. The normalized spacial score (nSPS) is 11.4. The molecule has 0 spiro atoms. The summed E-state index contributed by atoms with van der Waals surface area (Å²) in [6.07, 6.45) is 0.922. The average Bonchev–Trinajstić information content (AvgIpc) is 2.41. The van der Waals surface area contributed by atoms with Crippen molar-refractivity contribution in [2.75, 3.05) is 13.7 Å². The van der Waals surface area contributed by atoms with Gasteiger partial charge in [0.05, 0.1) is 0 Å². The van der Waals surface area contributed by atoms with Crippen LogP contribution in [0, 0.1) is 18.8 Å². The Hall–Kier alpha value is -1.79. The van der Waals surface area contributed by atoms with Crippen molar-refractivity contribution in [1.82, 2.24) is 4.90 Å². The van der Waals surface area contributed by atoms with Crippen molar-refractivity contribution in [3.05, 3.63) is 34.9 Å². The fourth-order valence-electron chi connectivity index (χ4n) is 1.80. The first-order valence-corrected chi connectivity index (χ1v) is 6.48. The summed E-state index contributed by atoms with van der Waals surface area (Å²) < 4.78 is 0. The molecule has 1 unspecified atom stereocenters. The van der Waals surface area contributed by atoms with Gasteiger partial charge in [-0.2, -0.15) is 0 Å². The van der Waals surface area contributed by atoms with E-state index in [9.17, 15) is 4.79 Å². The third kappa shape index (κ3) is 4.11. The van der Waals surface area contributed by atoms with E-state index in [-0.39, 0.29) is 18.6 Å². The van der Waals surface area contributed by atoms with Crippen molar-refractivity contribution in [2.45, 2.75) is 33.2 Å². The lowest BCUT2D eigenvalue weighted by molar-refractivity contribution is 0.0740. The van der Waals surface area contributed by atoms with E-state index in [0.717, 1.165) is 17.5 Å². The van der Waals surface area contributed by atoms with E-state index in [0.29, 0.717) is 5.56 Å². The zero-order valence-electron chi connectivity index (χ0n) is 12.0. The Morgan fingerprint density at radius 2 is 2.11 bits per heavy atom. The number of aryl methyl sites for hydroxylation is 1. The maximum atomic E-state index is 12.4. The number of aliphatic hydroxyl groups excluding tert-OH is 1. The van der Waals surface area contributed by atoms with Crippen LogP contribution >= 0.6 is 0 Å². The van der Waals surface area contributed by atoms with Gasteiger partial charge in [0.2, 0.25) is 0 Å². The van der Waals surface area contributed by atoms with Crippen LogP contribution in [-0.4, -0.2) is 35.6 Å². The summed E-state index contributed by atoms with van der Waals surface area (Å²) in [6, 6.07) is 5.75. The molecule has 0 aliphatic heterocycles. The number of benzene rings is 1. The molecule has 102 valence electrons. The Morgan fingerprint density at radius 1 is 1.42 bits per heavy atom. The van der Waals surface area contributed by atoms with E-state index in [1.165, 1.54) is 0 Å². The van der Waals surface area contributed by atoms with E-state index >= 15 is 0 Å². The predicted octanol–water partition coefficient (Wildman–Crippen LogP) is 2.21. The lowest BCUT2D eigenvalue weighted by Crippen LogP contribution is -2.34. The Kier molecular flexibility index (Phi) is 5.59. The molecule has 0 aliphatic carbocycles. The van der Waals surface area contributed by atoms with Crippen molar-refractivity contribution in [1.29, 1.82) is 0 Å². The molecule has 0 heterocycles. The summed E-state index contributed by atoms with van der Waals surface area (Å²) in [4.78, 5) is 14.1. The van der Waals surface area contributed by atoms with Crippen LogP contribution in [0.2, 0.25) is 0 Å². The Morgan fingerprint density at radius 3 is 2.68 bits per heavy atom. The van der Waals surface area contributed by atoms with Gasteiger partial charge in [-0.05, 0) is 44.0 Å². The summed E-state index contributed by atoms with van der Waals surface area (Å²) in [5.74, 6) is 5.45. The molecule has 0 saturated carbocycles. The van der Waals surface area contributed by atoms with Crippen LogP contribution in [0.25, 0.3) is 0 Å².